The number of benzene rings is 1. The van der Waals surface area contributed by atoms with Crippen LogP contribution in [0, 0.1) is 0 Å². The number of hydrogen-bond acceptors (Lipinski definition) is 4. The summed E-state index contributed by atoms with van der Waals surface area (Å²) in [5.74, 6) is 1.19. The predicted octanol–water partition coefficient (Wildman–Crippen LogP) is 2.88. The van der Waals surface area contributed by atoms with Gasteiger partial charge < -0.3 is 10.5 Å². The van der Waals surface area contributed by atoms with Crippen LogP contribution in [0.4, 0.5) is 0 Å². The molecule has 2 aromatic heterocycles. The Bertz CT molecular complexity index is 698. The normalized spacial score (nSPS) is 10.6. The Kier molecular flexibility index (Phi) is 3.08. The van der Waals surface area contributed by atoms with Crippen LogP contribution in [-0.2, 0) is 6.54 Å². The summed E-state index contributed by atoms with van der Waals surface area (Å²) in [5.41, 5.74) is 7.68. The molecule has 4 heteroatoms. The van der Waals surface area contributed by atoms with Crippen molar-refractivity contribution in [3.63, 3.8) is 0 Å². The fraction of sp³-hybridized carbons (Fsp3) is 0.0667. The van der Waals surface area contributed by atoms with E-state index in [-0.39, 0.29) is 0 Å². The van der Waals surface area contributed by atoms with E-state index in [1.807, 2.05) is 42.5 Å². The van der Waals surface area contributed by atoms with Gasteiger partial charge in [-0.2, -0.15) is 0 Å². The Labute approximate surface area is 110 Å². The summed E-state index contributed by atoms with van der Waals surface area (Å²) in [6.45, 7) is 0.451. The van der Waals surface area contributed by atoms with Crippen molar-refractivity contribution in [1.29, 1.82) is 0 Å². The van der Waals surface area contributed by atoms with Gasteiger partial charge in [-0.25, -0.2) is 4.98 Å². The maximum absolute atomic E-state index is 5.78. The monoisotopic (exact) mass is 251 g/mol. The van der Waals surface area contributed by atoms with E-state index in [2.05, 4.69) is 9.97 Å². The second-order valence-corrected chi connectivity index (χ2v) is 4.13. The summed E-state index contributed by atoms with van der Waals surface area (Å²) in [7, 11) is 0. The number of ether oxygens (including phenoxy) is 1. The van der Waals surface area contributed by atoms with Crippen LogP contribution in [0.2, 0.25) is 0 Å². The molecule has 0 saturated heterocycles. The van der Waals surface area contributed by atoms with E-state index >= 15 is 0 Å². The Morgan fingerprint density at radius 1 is 1.11 bits per heavy atom. The average molecular weight is 251 g/mol. The Morgan fingerprint density at radius 2 is 2.00 bits per heavy atom. The molecule has 1 aromatic carbocycles. The molecule has 0 radical (unpaired) electrons. The van der Waals surface area contributed by atoms with E-state index in [0.29, 0.717) is 18.2 Å². The zero-order valence-electron chi connectivity index (χ0n) is 10.3. The molecule has 19 heavy (non-hydrogen) atoms. The second-order valence-electron chi connectivity index (χ2n) is 4.13. The first-order valence-electron chi connectivity index (χ1n) is 6.03. The first-order chi connectivity index (χ1) is 9.36. The third-order valence-electron chi connectivity index (χ3n) is 2.86. The van der Waals surface area contributed by atoms with Crippen molar-refractivity contribution in [2.45, 2.75) is 6.54 Å². The lowest BCUT2D eigenvalue weighted by Crippen LogP contribution is -1.99. The largest absolute Gasteiger partial charge is 0.437 e. The van der Waals surface area contributed by atoms with Crippen LogP contribution in [0.3, 0.4) is 0 Å². The lowest BCUT2D eigenvalue weighted by molar-refractivity contribution is 0.462. The molecule has 0 aliphatic carbocycles. The molecule has 0 saturated carbocycles. The van der Waals surface area contributed by atoms with Gasteiger partial charge in [0.15, 0.2) is 0 Å². The molecule has 2 N–H and O–H groups in total. The number of hydrogen-bond donors (Lipinski definition) is 1. The van der Waals surface area contributed by atoms with Crippen molar-refractivity contribution in [3.8, 4) is 11.6 Å². The molecule has 4 nitrogen and oxygen atoms in total. The number of pyridine rings is 2. The Hall–Kier alpha value is -2.46. The highest BCUT2D eigenvalue weighted by atomic mass is 16.5. The molecule has 0 unspecified atom stereocenters. The lowest BCUT2D eigenvalue weighted by Gasteiger charge is -2.08. The summed E-state index contributed by atoms with van der Waals surface area (Å²) in [4.78, 5) is 8.48. The van der Waals surface area contributed by atoms with Gasteiger partial charge in [0.1, 0.15) is 5.75 Å². The van der Waals surface area contributed by atoms with E-state index in [9.17, 15) is 0 Å². The molecule has 0 amide bonds. The standard InChI is InChI=1S/C15H13N3O/c16-9-11-8-15(19-12-4-3-7-17-10-12)18-14-6-2-1-5-13(11)14/h1-8,10H,9,16H2. The molecule has 2 heterocycles. The van der Waals surface area contributed by atoms with Gasteiger partial charge in [0.2, 0.25) is 5.88 Å². The van der Waals surface area contributed by atoms with E-state index in [0.717, 1.165) is 16.5 Å². The summed E-state index contributed by atoms with van der Waals surface area (Å²) < 4.78 is 5.70. The molecule has 3 rings (SSSR count). The number of nitrogens with zero attached hydrogens (tertiary/aromatic N) is 2. The van der Waals surface area contributed by atoms with Gasteiger partial charge in [0.25, 0.3) is 0 Å². The van der Waals surface area contributed by atoms with E-state index in [1.54, 1.807) is 12.4 Å². The summed E-state index contributed by atoms with van der Waals surface area (Å²) in [6.07, 6.45) is 3.35. The van der Waals surface area contributed by atoms with Crippen molar-refractivity contribution < 1.29 is 4.74 Å². The first-order valence-corrected chi connectivity index (χ1v) is 6.03. The topological polar surface area (TPSA) is 61.0 Å². The molecule has 0 atom stereocenters. The maximum atomic E-state index is 5.78. The Morgan fingerprint density at radius 3 is 2.79 bits per heavy atom. The zero-order chi connectivity index (χ0) is 13.1. The number of fused-ring (bicyclic) bond motifs is 1. The molecule has 0 fully saturated rings. The van der Waals surface area contributed by atoms with Gasteiger partial charge in [-0.15, -0.1) is 0 Å². The van der Waals surface area contributed by atoms with Crippen molar-refractivity contribution in [3.05, 3.63) is 60.4 Å². The highest BCUT2D eigenvalue weighted by molar-refractivity contribution is 5.82. The fourth-order valence-electron chi connectivity index (χ4n) is 1.97. The molecular weight excluding hydrogens is 238 g/mol. The predicted molar refractivity (Wildman–Crippen MR) is 73.9 cm³/mol. The minimum absolute atomic E-state index is 0.451. The van der Waals surface area contributed by atoms with Crippen LogP contribution in [0.5, 0.6) is 11.6 Å². The number of para-hydroxylation sites is 1. The smallest absolute Gasteiger partial charge is 0.220 e. The summed E-state index contributed by atoms with van der Waals surface area (Å²) in [6, 6.07) is 13.4. The van der Waals surface area contributed by atoms with Gasteiger partial charge in [0, 0.05) is 24.2 Å². The number of rotatable bonds is 3. The lowest BCUT2D eigenvalue weighted by atomic mass is 10.1. The van der Waals surface area contributed by atoms with Crippen molar-refractivity contribution in [2.75, 3.05) is 0 Å². The van der Waals surface area contributed by atoms with Crippen LogP contribution in [0.15, 0.2) is 54.9 Å². The maximum Gasteiger partial charge on any atom is 0.220 e. The van der Waals surface area contributed by atoms with E-state index < -0.39 is 0 Å². The molecular formula is C15H13N3O. The number of aromatic nitrogens is 2. The van der Waals surface area contributed by atoms with Crippen LogP contribution in [0.1, 0.15) is 5.56 Å². The SMILES string of the molecule is NCc1cc(Oc2cccnc2)nc2ccccc12. The quantitative estimate of drug-likeness (QED) is 0.777. The molecule has 94 valence electrons. The van der Waals surface area contributed by atoms with Crippen molar-refractivity contribution in [1.82, 2.24) is 9.97 Å². The van der Waals surface area contributed by atoms with Crippen LogP contribution >= 0.6 is 0 Å². The molecule has 0 bridgehead atoms. The highest BCUT2D eigenvalue weighted by Gasteiger charge is 2.06. The third-order valence-corrected chi connectivity index (χ3v) is 2.86. The zero-order valence-corrected chi connectivity index (χ0v) is 10.3. The molecule has 0 aliphatic rings. The first kappa shape index (κ1) is 11.6. The molecule has 0 aliphatic heterocycles. The summed E-state index contributed by atoms with van der Waals surface area (Å²) >= 11 is 0. The summed E-state index contributed by atoms with van der Waals surface area (Å²) in [5, 5.41) is 1.06. The third kappa shape index (κ3) is 2.39. The molecule has 3 aromatic rings. The molecule has 0 spiro atoms. The van der Waals surface area contributed by atoms with Gasteiger partial charge in [-0.05, 0) is 23.8 Å². The Balaban J connectivity index is 2.05. The number of nitrogens with two attached hydrogens (primary N) is 1. The van der Waals surface area contributed by atoms with Crippen LogP contribution < -0.4 is 10.5 Å². The average Bonchev–Trinajstić information content (AvgIpc) is 2.47. The second kappa shape index (κ2) is 5.04. The van der Waals surface area contributed by atoms with Gasteiger partial charge in [0.05, 0.1) is 11.7 Å². The van der Waals surface area contributed by atoms with Crippen LogP contribution in [0.25, 0.3) is 10.9 Å². The highest BCUT2D eigenvalue weighted by Crippen LogP contribution is 2.24. The van der Waals surface area contributed by atoms with Gasteiger partial charge in [-0.3, -0.25) is 4.98 Å². The minimum atomic E-state index is 0.451. The van der Waals surface area contributed by atoms with E-state index in [1.165, 1.54) is 0 Å². The van der Waals surface area contributed by atoms with Gasteiger partial charge >= 0.3 is 0 Å². The fourth-order valence-corrected chi connectivity index (χ4v) is 1.97. The van der Waals surface area contributed by atoms with E-state index in [4.69, 9.17) is 10.5 Å². The minimum Gasteiger partial charge on any atom is -0.437 e. The van der Waals surface area contributed by atoms with Crippen LogP contribution in [-0.4, -0.2) is 9.97 Å². The van der Waals surface area contributed by atoms with Crippen molar-refractivity contribution >= 4 is 10.9 Å². The van der Waals surface area contributed by atoms with Gasteiger partial charge in [-0.1, -0.05) is 18.2 Å². The van der Waals surface area contributed by atoms with Crippen molar-refractivity contribution in [2.24, 2.45) is 5.73 Å².